The van der Waals surface area contributed by atoms with Crippen molar-refractivity contribution in [3.63, 3.8) is 0 Å². The van der Waals surface area contributed by atoms with Crippen LogP contribution in [0.25, 0.3) is 12.2 Å². The normalized spacial score (nSPS) is 19.5. The van der Waals surface area contributed by atoms with Crippen molar-refractivity contribution in [1.82, 2.24) is 9.88 Å². The van der Waals surface area contributed by atoms with Crippen molar-refractivity contribution in [2.45, 2.75) is 25.7 Å². The largest absolute Gasteiger partial charge is 0.303 e. The molecule has 2 nitrogen and oxygen atoms in total. The zero-order valence-corrected chi connectivity index (χ0v) is 10.9. The van der Waals surface area contributed by atoms with E-state index in [2.05, 4.69) is 29.2 Å². The molecule has 0 saturated carbocycles. The van der Waals surface area contributed by atoms with Crippen LogP contribution in [-0.4, -0.2) is 29.5 Å². The van der Waals surface area contributed by atoms with Crippen LogP contribution in [0.3, 0.4) is 0 Å². The fourth-order valence-electron chi connectivity index (χ4n) is 2.43. The van der Waals surface area contributed by atoms with Crippen LogP contribution < -0.4 is 0 Å². The van der Waals surface area contributed by atoms with Crippen molar-refractivity contribution in [3.8, 4) is 0 Å². The molecule has 0 aromatic carbocycles. The highest BCUT2D eigenvalue weighted by atomic mass is 32.1. The quantitative estimate of drug-likeness (QED) is 0.814. The zero-order chi connectivity index (χ0) is 11.5. The van der Waals surface area contributed by atoms with Gasteiger partial charge >= 0.3 is 0 Å². The minimum absolute atomic E-state index is 1.03. The molecule has 0 unspecified atom stereocenters. The van der Waals surface area contributed by atoms with E-state index in [0.717, 1.165) is 12.8 Å². The predicted molar refractivity (Wildman–Crippen MR) is 74.2 cm³/mol. The molecule has 3 rings (SSSR count). The van der Waals surface area contributed by atoms with Gasteiger partial charge in [-0.25, -0.2) is 4.98 Å². The van der Waals surface area contributed by atoms with E-state index < -0.39 is 0 Å². The van der Waals surface area contributed by atoms with Crippen LogP contribution in [-0.2, 0) is 6.42 Å². The van der Waals surface area contributed by atoms with Crippen LogP contribution >= 0.6 is 11.3 Å². The molecule has 0 atom stereocenters. The first-order valence-electron chi connectivity index (χ1n) is 6.47. The number of allylic oxidation sites excluding steroid dienone is 2. The fourth-order valence-corrected chi connectivity index (χ4v) is 3.40. The van der Waals surface area contributed by atoms with Gasteiger partial charge in [0.15, 0.2) is 0 Å². The molecule has 1 saturated heterocycles. The monoisotopic (exact) mass is 246 g/mol. The minimum atomic E-state index is 1.03. The number of rotatable bonds is 3. The Morgan fingerprint density at radius 1 is 1.18 bits per heavy atom. The van der Waals surface area contributed by atoms with E-state index in [0.29, 0.717) is 0 Å². The number of thiazole rings is 1. The SMILES string of the molecule is C1=Cc2nc(CCN3CCCC3)sc2C=CC1. The van der Waals surface area contributed by atoms with Crippen LogP contribution in [0.4, 0.5) is 0 Å². The Bertz CT molecular complexity index is 410. The topological polar surface area (TPSA) is 16.1 Å². The number of hydrogen-bond donors (Lipinski definition) is 0. The van der Waals surface area contributed by atoms with Crippen LogP contribution in [0.2, 0.25) is 0 Å². The number of aromatic nitrogens is 1. The van der Waals surface area contributed by atoms with Gasteiger partial charge in [-0.2, -0.15) is 0 Å². The summed E-state index contributed by atoms with van der Waals surface area (Å²) in [6.45, 7) is 3.75. The molecule has 1 aliphatic heterocycles. The third-order valence-corrected chi connectivity index (χ3v) is 4.48. The fraction of sp³-hybridized carbons (Fsp3) is 0.500. The van der Waals surface area contributed by atoms with Crippen molar-refractivity contribution < 1.29 is 0 Å². The standard InChI is InChI=1S/C14H18N2S/c1-2-6-12-13(7-3-1)17-14(15-12)8-11-16-9-4-5-10-16/h2-3,6-7H,1,4-5,8-11H2. The van der Waals surface area contributed by atoms with Crippen LogP contribution in [0.5, 0.6) is 0 Å². The van der Waals surface area contributed by atoms with Gasteiger partial charge in [0.1, 0.15) is 0 Å². The lowest BCUT2D eigenvalue weighted by molar-refractivity contribution is 0.343. The predicted octanol–water partition coefficient (Wildman–Crippen LogP) is 3.21. The van der Waals surface area contributed by atoms with Gasteiger partial charge in [0, 0.05) is 13.0 Å². The lowest BCUT2D eigenvalue weighted by Gasteiger charge is -2.12. The third kappa shape index (κ3) is 2.67. The van der Waals surface area contributed by atoms with Crippen molar-refractivity contribution in [3.05, 3.63) is 27.7 Å². The Labute approximate surface area is 107 Å². The summed E-state index contributed by atoms with van der Waals surface area (Å²) in [5.74, 6) is 0. The third-order valence-electron chi connectivity index (χ3n) is 3.38. The highest BCUT2D eigenvalue weighted by Crippen LogP contribution is 2.24. The van der Waals surface area contributed by atoms with Gasteiger partial charge < -0.3 is 4.90 Å². The summed E-state index contributed by atoms with van der Waals surface area (Å²) in [6, 6.07) is 0. The molecule has 3 heteroatoms. The second-order valence-electron chi connectivity index (χ2n) is 4.70. The summed E-state index contributed by atoms with van der Waals surface area (Å²) < 4.78 is 0. The molecular weight excluding hydrogens is 228 g/mol. The molecule has 0 spiro atoms. The van der Waals surface area contributed by atoms with Gasteiger partial charge in [0.05, 0.1) is 15.6 Å². The van der Waals surface area contributed by atoms with E-state index in [1.165, 1.54) is 48.1 Å². The molecule has 90 valence electrons. The van der Waals surface area contributed by atoms with Crippen molar-refractivity contribution in [2.75, 3.05) is 19.6 Å². The van der Waals surface area contributed by atoms with Crippen LogP contribution in [0.15, 0.2) is 12.2 Å². The maximum atomic E-state index is 4.73. The average Bonchev–Trinajstić information content (AvgIpc) is 2.93. The number of fused-ring (bicyclic) bond motifs is 1. The molecule has 0 N–H and O–H groups in total. The van der Waals surface area contributed by atoms with E-state index in [-0.39, 0.29) is 0 Å². The van der Waals surface area contributed by atoms with E-state index in [9.17, 15) is 0 Å². The van der Waals surface area contributed by atoms with E-state index >= 15 is 0 Å². The van der Waals surface area contributed by atoms with E-state index in [4.69, 9.17) is 4.98 Å². The number of hydrogen-bond acceptors (Lipinski definition) is 3. The summed E-state index contributed by atoms with van der Waals surface area (Å²) in [4.78, 5) is 8.61. The molecular formula is C14H18N2S. The Kier molecular flexibility index (Phi) is 3.39. The first-order chi connectivity index (χ1) is 8.42. The van der Waals surface area contributed by atoms with Crippen molar-refractivity contribution in [1.29, 1.82) is 0 Å². The van der Waals surface area contributed by atoms with E-state index in [1.807, 2.05) is 11.3 Å². The van der Waals surface area contributed by atoms with Crippen molar-refractivity contribution in [2.24, 2.45) is 0 Å². The van der Waals surface area contributed by atoms with E-state index in [1.54, 1.807) is 0 Å². The Balaban J connectivity index is 1.66. The van der Waals surface area contributed by atoms with Gasteiger partial charge in [-0.1, -0.05) is 12.2 Å². The van der Waals surface area contributed by atoms with Crippen LogP contribution in [0.1, 0.15) is 34.8 Å². The van der Waals surface area contributed by atoms with Crippen molar-refractivity contribution >= 4 is 23.5 Å². The summed E-state index contributed by atoms with van der Waals surface area (Å²) in [6.07, 6.45) is 13.7. The Morgan fingerprint density at radius 3 is 2.88 bits per heavy atom. The molecule has 1 aliphatic carbocycles. The molecule has 0 bridgehead atoms. The zero-order valence-electron chi connectivity index (χ0n) is 10.1. The summed E-state index contributed by atoms with van der Waals surface area (Å²) in [5, 5.41) is 1.29. The smallest absolute Gasteiger partial charge is 0.0951 e. The molecule has 1 aromatic heterocycles. The summed E-state index contributed by atoms with van der Waals surface area (Å²) >= 11 is 1.86. The maximum Gasteiger partial charge on any atom is 0.0951 e. The molecule has 2 heterocycles. The summed E-state index contributed by atoms with van der Waals surface area (Å²) in [5.41, 5.74) is 1.17. The minimum Gasteiger partial charge on any atom is -0.303 e. The molecule has 0 radical (unpaired) electrons. The van der Waals surface area contributed by atoms with Crippen LogP contribution in [0, 0.1) is 0 Å². The molecule has 1 fully saturated rings. The number of nitrogens with zero attached hydrogens (tertiary/aromatic N) is 2. The molecule has 2 aliphatic rings. The Morgan fingerprint density at radius 2 is 2.00 bits per heavy atom. The lowest BCUT2D eigenvalue weighted by Crippen LogP contribution is -2.21. The van der Waals surface area contributed by atoms with Gasteiger partial charge in [0.2, 0.25) is 0 Å². The highest BCUT2D eigenvalue weighted by Gasteiger charge is 2.13. The molecule has 17 heavy (non-hydrogen) atoms. The molecule has 0 amide bonds. The van der Waals surface area contributed by atoms with Gasteiger partial charge in [-0.05, 0) is 44.5 Å². The highest BCUT2D eigenvalue weighted by molar-refractivity contribution is 7.12. The average molecular weight is 246 g/mol. The van der Waals surface area contributed by atoms with Gasteiger partial charge in [-0.15, -0.1) is 11.3 Å². The lowest BCUT2D eigenvalue weighted by atomic mass is 10.3. The second kappa shape index (κ2) is 5.15. The Hall–Kier alpha value is -0.930. The number of likely N-dealkylation sites (tertiary alicyclic amines) is 1. The molecule has 1 aromatic rings. The summed E-state index contributed by atoms with van der Waals surface area (Å²) in [7, 11) is 0. The first-order valence-corrected chi connectivity index (χ1v) is 7.28. The maximum absolute atomic E-state index is 4.73. The second-order valence-corrected chi connectivity index (χ2v) is 5.81. The van der Waals surface area contributed by atoms with Gasteiger partial charge in [0.25, 0.3) is 0 Å². The first kappa shape index (κ1) is 11.2. The van der Waals surface area contributed by atoms with Gasteiger partial charge in [-0.3, -0.25) is 0 Å².